The van der Waals surface area contributed by atoms with Crippen molar-refractivity contribution in [2.75, 3.05) is 24.6 Å². The minimum absolute atomic E-state index is 0.704. The van der Waals surface area contributed by atoms with E-state index in [4.69, 9.17) is 0 Å². The zero-order chi connectivity index (χ0) is 10.7. The van der Waals surface area contributed by atoms with E-state index in [1.807, 2.05) is 0 Å². The zero-order valence-corrected chi connectivity index (χ0v) is 11.0. The second-order valence-corrected chi connectivity index (χ2v) is 5.52. The molecular formula is C11H22N2S2. The first-order chi connectivity index (χ1) is 7.36. The number of rotatable bonds is 5. The number of hydrogen-bond donors (Lipinski definition) is 3. The van der Waals surface area contributed by atoms with Crippen molar-refractivity contribution in [3.63, 3.8) is 0 Å². The number of nitrogens with zero attached hydrogens (tertiary/aromatic N) is 1. The van der Waals surface area contributed by atoms with Crippen LogP contribution in [0.5, 0.6) is 0 Å². The van der Waals surface area contributed by atoms with Gasteiger partial charge in [0.05, 0.1) is 0 Å². The molecule has 0 spiro atoms. The first-order valence-electron chi connectivity index (χ1n) is 6.07. The molecular weight excluding hydrogens is 224 g/mol. The highest BCUT2D eigenvalue weighted by molar-refractivity contribution is 7.80. The normalized spacial score (nSPS) is 36.0. The number of piperidine rings is 1. The Balaban J connectivity index is 1.92. The van der Waals surface area contributed by atoms with Gasteiger partial charge in [-0.3, -0.25) is 4.90 Å². The molecule has 1 N–H and O–H groups in total. The lowest BCUT2D eigenvalue weighted by Crippen LogP contribution is -2.53. The molecule has 2 rings (SSSR count). The molecule has 0 unspecified atom stereocenters. The van der Waals surface area contributed by atoms with Crippen LogP contribution in [0.2, 0.25) is 0 Å². The number of fused-ring (bicyclic) bond motifs is 2. The Morgan fingerprint density at radius 1 is 1.07 bits per heavy atom. The molecule has 0 saturated carbocycles. The van der Waals surface area contributed by atoms with Gasteiger partial charge in [-0.25, -0.2) is 0 Å². The molecule has 2 aliphatic rings. The predicted molar refractivity (Wildman–Crippen MR) is 72.2 cm³/mol. The minimum atomic E-state index is 0.704. The fourth-order valence-corrected chi connectivity index (χ4v) is 3.58. The fraction of sp³-hybridized carbons (Fsp3) is 1.00. The molecule has 2 heterocycles. The van der Waals surface area contributed by atoms with Gasteiger partial charge in [-0.05, 0) is 25.7 Å². The topological polar surface area (TPSA) is 15.3 Å². The molecule has 88 valence electrons. The van der Waals surface area contributed by atoms with Gasteiger partial charge in [0.15, 0.2) is 0 Å². The Labute approximate surface area is 104 Å². The Morgan fingerprint density at radius 3 is 2.60 bits per heavy atom. The van der Waals surface area contributed by atoms with Gasteiger partial charge in [-0.2, -0.15) is 25.3 Å². The lowest BCUT2D eigenvalue weighted by Gasteiger charge is -2.40. The maximum atomic E-state index is 4.37. The van der Waals surface area contributed by atoms with Crippen LogP contribution in [0, 0.1) is 0 Å². The molecule has 2 saturated heterocycles. The van der Waals surface area contributed by atoms with Crippen molar-refractivity contribution in [1.29, 1.82) is 0 Å². The monoisotopic (exact) mass is 246 g/mol. The third-order valence-corrected chi connectivity index (χ3v) is 4.27. The van der Waals surface area contributed by atoms with Gasteiger partial charge >= 0.3 is 0 Å². The van der Waals surface area contributed by atoms with Crippen LogP contribution in [0.3, 0.4) is 0 Å². The SMILES string of the molecule is SCCN[C@H]1CC[C@@H]2CC[C@H]1N2CCS. The van der Waals surface area contributed by atoms with Crippen LogP contribution in [-0.2, 0) is 0 Å². The lowest BCUT2D eigenvalue weighted by molar-refractivity contribution is 0.117. The predicted octanol–water partition coefficient (Wildman–Crippen LogP) is 1.43. The average molecular weight is 246 g/mol. The van der Waals surface area contributed by atoms with Crippen LogP contribution < -0.4 is 5.32 Å². The van der Waals surface area contributed by atoms with Crippen molar-refractivity contribution in [1.82, 2.24) is 10.2 Å². The molecule has 2 nitrogen and oxygen atoms in total. The maximum absolute atomic E-state index is 4.37. The van der Waals surface area contributed by atoms with Crippen LogP contribution in [-0.4, -0.2) is 47.6 Å². The zero-order valence-electron chi connectivity index (χ0n) is 9.23. The third kappa shape index (κ3) is 2.65. The van der Waals surface area contributed by atoms with Crippen LogP contribution >= 0.6 is 25.3 Å². The lowest BCUT2D eigenvalue weighted by atomic mass is 9.97. The number of hydrogen-bond acceptors (Lipinski definition) is 4. The first-order valence-corrected chi connectivity index (χ1v) is 7.34. The van der Waals surface area contributed by atoms with Crippen molar-refractivity contribution in [2.24, 2.45) is 0 Å². The molecule has 2 aliphatic heterocycles. The van der Waals surface area contributed by atoms with Crippen molar-refractivity contribution >= 4 is 25.3 Å². The summed E-state index contributed by atoms with van der Waals surface area (Å²) in [6.45, 7) is 2.21. The van der Waals surface area contributed by atoms with Gasteiger partial charge in [-0.15, -0.1) is 0 Å². The van der Waals surface area contributed by atoms with Gasteiger partial charge in [0.1, 0.15) is 0 Å². The standard InChI is InChI=1S/C11H22N2S2/c14-7-5-12-10-3-1-9-2-4-11(10)13(9)6-8-15/h9-12,14-15H,1-8H2/t9-,10+,11-/m1/s1. The van der Waals surface area contributed by atoms with E-state index in [2.05, 4.69) is 35.5 Å². The molecule has 0 aliphatic carbocycles. The Morgan fingerprint density at radius 2 is 1.87 bits per heavy atom. The van der Waals surface area contributed by atoms with E-state index in [1.165, 1.54) is 25.7 Å². The van der Waals surface area contributed by atoms with Crippen LogP contribution in [0.1, 0.15) is 25.7 Å². The van der Waals surface area contributed by atoms with E-state index in [0.29, 0.717) is 6.04 Å². The first kappa shape index (κ1) is 12.1. The molecule has 0 aromatic carbocycles. The molecule has 0 aromatic rings. The fourth-order valence-electron chi connectivity index (χ4n) is 3.22. The summed E-state index contributed by atoms with van der Waals surface area (Å²) in [5.41, 5.74) is 0. The van der Waals surface area contributed by atoms with E-state index in [9.17, 15) is 0 Å². The quantitative estimate of drug-likeness (QED) is 0.636. The van der Waals surface area contributed by atoms with Crippen LogP contribution in [0.4, 0.5) is 0 Å². The molecule has 3 atom stereocenters. The van der Waals surface area contributed by atoms with Crippen molar-refractivity contribution < 1.29 is 0 Å². The van der Waals surface area contributed by atoms with Crippen LogP contribution in [0.25, 0.3) is 0 Å². The highest BCUT2D eigenvalue weighted by Crippen LogP contribution is 2.35. The molecule has 0 radical (unpaired) electrons. The molecule has 15 heavy (non-hydrogen) atoms. The summed E-state index contributed by atoms with van der Waals surface area (Å²) >= 11 is 8.63. The van der Waals surface area contributed by atoms with E-state index >= 15 is 0 Å². The second-order valence-electron chi connectivity index (χ2n) is 4.62. The second kappa shape index (κ2) is 5.80. The van der Waals surface area contributed by atoms with Gasteiger partial charge in [0, 0.05) is 42.7 Å². The molecule has 2 bridgehead atoms. The van der Waals surface area contributed by atoms with Gasteiger partial charge in [0.2, 0.25) is 0 Å². The van der Waals surface area contributed by atoms with E-state index in [0.717, 1.165) is 36.7 Å². The summed E-state index contributed by atoms with van der Waals surface area (Å²) in [4.78, 5) is 2.69. The minimum Gasteiger partial charge on any atom is -0.312 e. The van der Waals surface area contributed by atoms with E-state index in [-0.39, 0.29) is 0 Å². The summed E-state index contributed by atoms with van der Waals surface area (Å²) in [5, 5.41) is 3.64. The van der Waals surface area contributed by atoms with Crippen molar-refractivity contribution in [3.8, 4) is 0 Å². The summed E-state index contributed by atoms with van der Waals surface area (Å²) in [6, 6.07) is 2.34. The molecule has 4 heteroatoms. The molecule has 0 aromatic heterocycles. The highest BCUT2D eigenvalue weighted by atomic mass is 32.1. The van der Waals surface area contributed by atoms with Crippen molar-refractivity contribution in [2.45, 2.75) is 43.8 Å². The third-order valence-electron chi connectivity index (χ3n) is 3.84. The van der Waals surface area contributed by atoms with Gasteiger partial charge < -0.3 is 5.32 Å². The molecule has 0 amide bonds. The number of thiol groups is 2. The van der Waals surface area contributed by atoms with E-state index in [1.54, 1.807) is 0 Å². The van der Waals surface area contributed by atoms with Gasteiger partial charge in [-0.1, -0.05) is 0 Å². The summed E-state index contributed by atoms with van der Waals surface area (Å²) < 4.78 is 0. The largest absolute Gasteiger partial charge is 0.312 e. The smallest absolute Gasteiger partial charge is 0.0253 e. The summed E-state index contributed by atoms with van der Waals surface area (Å²) in [7, 11) is 0. The summed E-state index contributed by atoms with van der Waals surface area (Å²) in [5.74, 6) is 1.94. The Hall–Kier alpha value is 0.620. The Kier molecular flexibility index (Phi) is 4.68. The number of nitrogens with one attached hydrogen (secondary N) is 1. The van der Waals surface area contributed by atoms with Gasteiger partial charge in [0.25, 0.3) is 0 Å². The van der Waals surface area contributed by atoms with E-state index < -0.39 is 0 Å². The maximum Gasteiger partial charge on any atom is 0.0253 e. The van der Waals surface area contributed by atoms with Crippen LogP contribution in [0.15, 0.2) is 0 Å². The van der Waals surface area contributed by atoms with Crippen molar-refractivity contribution in [3.05, 3.63) is 0 Å². The molecule has 2 fully saturated rings. The Bertz CT molecular complexity index is 201. The summed E-state index contributed by atoms with van der Waals surface area (Å²) in [6.07, 6.45) is 5.50. The highest BCUT2D eigenvalue weighted by Gasteiger charge is 2.41. The average Bonchev–Trinajstić information content (AvgIpc) is 2.53.